The van der Waals surface area contributed by atoms with Crippen LogP contribution in [0.15, 0.2) is 29.2 Å². The summed E-state index contributed by atoms with van der Waals surface area (Å²) in [5.74, 6) is 1.16. The second kappa shape index (κ2) is 9.17. The van der Waals surface area contributed by atoms with Crippen molar-refractivity contribution in [2.75, 3.05) is 50.1 Å². The zero-order valence-corrected chi connectivity index (χ0v) is 21.3. The van der Waals surface area contributed by atoms with Crippen LogP contribution in [0.4, 0.5) is 15.9 Å². The summed E-state index contributed by atoms with van der Waals surface area (Å²) in [5.41, 5.74) is 2.71. The minimum absolute atomic E-state index is 0.153. The standard InChI is InChI=1S/C27H32FN7O/c1-17-20(14-29)6-5-7-21(17)18(2)30-25-22-15-35(27(16-28)8-9-27)26(36)24(23(22)31-19(3)32-25)34-12-10-33(4)11-13-34/h5-7,15,18H,8-13,16H2,1-4H3,(H,30,31,32)/t18-/m1/s1. The van der Waals surface area contributed by atoms with E-state index in [1.165, 1.54) is 0 Å². The van der Waals surface area contributed by atoms with Crippen LogP contribution in [-0.4, -0.2) is 59.3 Å². The fraction of sp³-hybridized carbons (Fsp3) is 0.481. The van der Waals surface area contributed by atoms with Gasteiger partial charge in [-0.3, -0.25) is 4.79 Å². The fourth-order valence-electron chi connectivity index (χ4n) is 5.17. The van der Waals surface area contributed by atoms with Gasteiger partial charge in [-0.15, -0.1) is 0 Å². The number of nitrogens with zero attached hydrogens (tertiary/aromatic N) is 6. The Hall–Kier alpha value is -3.51. The third-order valence-electron chi connectivity index (χ3n) is 7.68. The first-order valence-corrected chi connectivity index (χ1v) is 12.5. The van der Waals surface area contributed by atoms with E-state index in [0.717, 1.165) is 24.2 Å². The second-order valence-corrected chi connectivity index (χ2v) is 10.2. The van der Waals surface area contributed by atoms with E-state index < -0.39 is 12.2 Å². The number of hydrogen-bond acceptors (Lipinski definition) is 7. The predicted molar refractivity (Wildman–Crippen MR) is 139 cm³/mol. The number of anilines is 2. The normalized spacial score (nSPS) is 18.2. The zero-order valence-electron chi connectivity index (χ0n) is 21.3. The molecule has 1 atom stereocenters. The number of piperazine rings is 1. The Balaban J connectivity index is 1.67. The maximum absolute atomic E-state index is 14.2. The number of halogens is 1. The van der Waals surface area contributed by atoms with Crippen LogP contribution in [0.5, 0.6) is 0 Å². The van der Waals surface area contributed by atoms with E-state index in [-0.39, 0.29) is 11.6 Å². The van der Waals surface area contributed by atoms with Gasteiger partial charge < -0.3 is 19.7 Å². The van der Waals surface area contributed by atoms with Crippen LogP contribution in [0, 0.1) is 25.2 Å². The molecule has 1 aliphatic heterocycles. The van der Waals surface area contributed by atoms with Crippen LogP contribution >= 0.6 is 0 Å². The van der Waals surface area contributed by atoms with E-state index in [4.69, 9.17) is 9.97 Å². The maximum Gasteiger partial charge on any atom is 0.276 e. The largest absolute Gasteiger partial charge is 0.363 e. The number of likely N-dealkylation sites (N-methyl/N-ethyl adjacent to an activating group) is 1. The molecule has 1 N–H and O–H groups in total. The van der Waals surface area contributed by atoms with Gasteiger partial charge in [-0.05, 0) is 57.9 Å². The van der Waals surface area contributed by atoms with Crippen molar-refractivity contribution in [1.82, 2.24) is 19.4 Å². The third-order valence-corrected chi connectivity index (χ3v) is 7.68. The number of rotatable bonds is 6. The first kappa shape index (κ1) is 24.2. The number of pyridine rings is 1. The quantitative estimate of drug-likeness (QED) is 0.565. The monoisotopic (exact) mass is 489 g/mol. The summed E-state index contributed by atoms with van der Waals surface area (Å²) in [4.78, 5) is 27.6. The molecule has 0 spiro atoms. The predicted octanol–water partition coefficient (Wildman–Crippen LogP) is 3.66. The molecule has 0 unspecified atom stereocenters. The van der Waals surface area contributed by atoms with E-state index in [1.807, 2.05) is 39.0 Å². The topological polar surface area (TPSA) is 90.1 Å². The maximum atomic E-state index is 14.2. The van der Waals surface area contributed by atoms with Crippen LogP contribution in [0.1, 0.15) is 48.3 Å². The van der Waals surface area contributed by atoms with E-state index in [2.05, 4.69) is 28.2 Å². The number of nitrogens with one attached hydrogen (secondary N) is 1. The number of fused-ring (bicyclic) bond motifs is 1. The highest BCUT2D eigenvalue weighted by Gasteiger charge is 2.46. The molecule has 5 rings (SSSR count). The average molecular weight is 490 g/mol. The molecule has 2 aliphatic rings. The van der Waals surface area contributed by atoms with Gasteiger partial charge in [-0.25, -0.2) is 14.4 Å². The van der Waals surface area contributed by atoms with Crippen LogP contribution in [0.3, 0.4) is 0 Å². The van der Waals surface area contributed by atoms with E-state index >= 15 is 0 Å². The Labute approximate surface area is 210 Å². The first-order valence-electron chi connectivity index (χ1n) is 12.5. The number of alkyl halides is 1. The molecular weight excluding hydrogens is 457 g/mol. The summed E-state index contributed by atoms with van der Waals surface area (Å²) in [6.07, 6.45) is 3.03. The van der Waals surface area contributed by atoms with Crippen molar-refractivity contribution in [3.8, 4) is 6.07 Å². The number of aromatic nitrogens is 3. The molecule has 2 aromatic heterocycles. The lowest BCUT2D eigenvalue weighted by molar-refractivity contribution is 0.310. The summed E-state index contributed by atoms with van der Waals surface area (Å²) in [6.45, 7) is 8.29. The molecule has 8 nitrogen and oxygen atoms in total. The molecule has 9 heteroatoms. The van der Waals surface area contributed by atoms with Gasteiger partial charge in [-0.2, -0.15) is 5.26 Å². The Kier molecular flexibility index (Phi) is 6.17. The molecule has 0 bridgehead atoms. The van der Waals surface area contributed by atoms with Gasteiger partial charge >= 0.3 is 0 Å². The molecule has 36 heavy (non-hydrogen) atoms. The van der Waals surface area contributed by atoms with Gasteiger partial charge in [0.25, 0.3) is 5.56 Å². The third kappa shape index (κ3) is 4.09. The smallest absolute Gasteiger partial charge is 0.276 e. The van der Waals surface area contributed by atoms with Gasteiger partial charge in [0.1, 0.15) is 29.5 Å². The highest BCUT2D eigenvalue weighted by Crippen LogP contribution is 2.44. The van der Waals surface area contributed by atoms with Gasteiger partial charge in [0, 0.05) is 32.4 Å². The lowest BCUT2D eigenvalue weighted by Gasteiger charge is -2.34. The Bertz CT molecular complexity index is 1410. The van der Waals surface area contributed by atoms with Crippen LogP contribution in [0.25, 0.3) is 10.9 Å². The molecule has 3 aromatic rings. The lowest BCUT2D eigenvalue weighted by Crippen LogP contribution is -2.47. The van der Waals surface area contributed by atoms with Crippen molar-refractivity contribution in [1.29, 1.82) is 5.26 Å². The van der Waals surface area contributed by atoms with Gasteiger partial charge in [-0.1, -0.05) is 12.1 Å². The van der Waals surface area contributed by atoms with Crippen LogP contribution < -0.4 is 15.8 Å². The molecule has 1 aliphatic carbocycles. The van der Waals surface area contributed by atoms with Crippen LogP contribution in [-0.2, 0) is 5.54 Å². The number of aryl methyl sites for hydroxylation is 1. The van der Waals surface area contributed by atoms with Crippen molar-refractivity contribution < 1.29 is 4.39 Å². The lowest BCUT2D eigenvalue weighted by atomic mass is 9.98. The van der Waals surface area contributed by atoms with Gasteiger partial charge in [0.2, 0.25) is 0 Å². The molecular formula is C27H32FN7O. The SMILES string of the molecule is Cc1nc(N[C@H](C)c2cccc(C#N)c2C)c2cn(C3(CF)CC3)c(=O)c(N3CCN(C)CC3)c2n1. The Morgan fingerprint density at radius 1 is 1.19 bits per heavy atom. The minimum Gasteiger partial charge on any atom is -0.363 e. The molecule has 1 aromatic carbocycles. The van der Waals surface area contributed by atoms with E-state index in [0.29, 0.717) is 59.7 Å². The first-order chi connectivity index (χ1) is 17.3. The van der Waals surface area contributed by atoms with Crippen molar-refractivity contribution in [2.24, 2.45) is 0 Å². The summed E-state index contributed by atoms with van der Waals surface area (Å²) >= 11 is 0. The molecule has 0 amide bonds. The number of benzene rings is 1. The molecule has 3 heterocycles. The average Bonchev–Trinajstić information content (AvgIpc) is 3.66. The second-order valence-electron chi connectivity index (χ2n) is 10.2. The van der Waals surface area contributed by atoms with Gasteiger partial charge in [0.05, 0.1) is 28.6 Å². The van der Waals surface area contributed by atoms with Crippen LogP contribution in [0.2, 0.25) is 0 Å². The van der Waals surface area contributed by atoms with Crippen molar-refractivity contribution in [2.45, 2.75) is 45.2 Å². The number of nitriles is 1. The molecule has 188 valence electrons. The van der Waals surface area contributed by atoms with E-state index in [9.17, 15) is 14.4 Å². The van der Waals surface area contributed by atoms with Crippen molar-refractivity contribution in [3.63, 3.8) is 0 Å². The molecule has 2 fully saturated rings. The Morgan fingerprint density at radius 2 is 1.92 bits per heavy atom. The molecule has 1 saturated heterocycles. The minimum atomic E-state index is -0.780. The summed E-state index contributed by atoms with van der Waals surface area (Å²) < 4.78 is 15.8. The van der Waals surface area contributed by atoms with Gasteiger partial charge in [0.15, 0.2) is 0 Å². The highest BCUT2D eigenvalue weighted by molar-refractivity contribution is 5.97. The summed E-state index contributed by atoms with van der Waals surface area (Å²) in [6, 6.07) is 7.78. The fourth-order valence-corrected chi connectivity index (χ4v) is 5.17. The van der Waals surface area contributed by atoms with Crippen molar-refractivity contribution in [3.05, 3.63) is 57.3 Å². The molecule has 0 radical (unpaired) electrons. The van der Waals surface area contributed by atoms with Crippen molar-refractivity contribution >= 4 is 22.4 Å². The highest BCUT2D eigenvalue weighted by atomic mass is 19.1. The number of hydrogen-bond donors (Lipinski definition) is 1. The zero-order chi connectivity index (χ0) is 25.6. The van der Waals surface area contributed by atoms with E-state index in [1.54, 1.807) is 10.8 Å². The molecule has 1 saturated carbocycles. The summed E-state index contributed by atoms with van der Waals surface area (Å²) in [7, 11) is 2.07. The Morgan fingerprint density at radius 3 is 2.56 bits per heavy atom. The summed E-state index contributed by atoms with van der Waals surface area (Å²) in [5, 5.41) is 13.7.